The Bertz CT molecular complexity index is 917. The average Bonchev–Trinajstić information content (AvgIpc) is 2.54. The number of aromatic amines is 1. The Balaban J connectivity index is 2.76. The van der Waals surface area contributed by atoms with Gasteiger partial charge in [0.05, 0.1) is 13.2 Å². The van der Waals surface area contributed by atoms with Crippen molar-refractivity contribution in [2.75, 3.05) is 12.8 Å². The average molecular weight is 324 g/mol. The smallest absolute Gasteiger partial charge is 0.268 e. The first kappa shape index (κ1) is 16.9. The molecule has 0 unspecified atom stereocenters. The fraction of sp³-hybridized carbons (Fsp3) is 0.235. The molecule has 1 heterocycles. The number of benzene rings is 1. The summed E-state index contributed by atoms with van der Waals surface area (Å²) in [7, 11) is 1.48. The van der Waals surface area contributed by atoms with Crippen LogP contribution in [-0.2, 0) is 0 Å². The van der Waals surface area contributed by atoms with E-state index < -0.39 is 5.56 Å². The number of nitrogens with one attached hydrogen (secondary N) is 1. The maximum Gasteiger partial charge on any atom is 0.268 e. The van der Waals surface area contributed by atoms with Crippen LogP contribution in [0.4, 0.5) is 5.82 Å². The molecule has 0 aliphatic rings. The number of methoxy groups -OCH3 is 1. The van der Waals surface area contributed by atoms with E-state index in [1.54, 1.807) is 18.2 Å². The second-order valence-corrected chi connectivity index (χ2v) is 5.25. The van der Waals surface area contributed by atoms with Crippen molar-refractivity contribution in [3.63, 3.8) is 0 Å². The fourth-order valence-electron chi connectivity index (χ4n) is 2.31. The summed E-state index contributed by atoms with van der Waals surface area (Å²) in [6.07, 6.45) is -0.0516. The number of aromatic nitrogens is 1. The zero-order chi connectivity index (χ0) is 17.9. The highest BCUT2D eigenvalue weighted by molar-refractivity contribution is 5.81. The molecule has 7 heteroatoms. The molecule has 0 fully saturated rings. The monoisotopic (exact) mass is 324 g/mol. The molecular weight excluding hydrogens is 308 g/mol. The van der Waals surface area contributed by atoms with E-state index in [-0.39, 0.29) is 28.6 Å². The number of nitrogen functional groups attached to an aromatic ring is 1. The van der Waals surface area contributed by atoms with Crippen molar-refractivity contribution in [1.29, 1.82) is 10.5 Å². The fourth-order valence-corrected chi connectivity index (χ4v) is 2.31. The van der Waals surface area contributed by atoms with Gasteiger partial charge in [-0.25, -0.2) is 0 Å². The topological polar surface area (TPSA) is 125 Å². The van der Waals surface area contributed by atoms with Crippen LogP contribution in [0.5, 0.6) is 11.5 Å². The summed E-state index contributed by atoms with van der Waals surface area (Å²) in [6.45, 7) is 3.76. The molecule has 0 radical (unpaired) electrons. The highest BCUT2D eigenvalue weighted by atomic mass is 16.5. The predicted molar refractivity (Wildman–Crippen MR) is 88.7 cm³/mol. The predicted octanol–water partition coefficient (Wildman–Crippen LogP) is 2.16. The molecule has 0 spiro atoms. The number of H-pyrrole nitrogens is 1. The SMILES string of the molecule is COc1cc(-c2c(C#N)c(N)[nH]c(=O)c2C#N)ccc1OC(C)C. The van der Waals surface area contributed by atoms with Gasteiger partial charge >= 0.3 is 0 Å². The highest BCUT2D eigenvalue weighted by Crippen LogP contribution is 2.35. The van der Waals surface area contributed by atoms with Crippen LogP contribution < -0.4 is 20.8 Å². The van der Waals surface area contributed by atoms with Crippen molar-refractivity contribution in [2.45, 2.75) is 20.0 Å². The number of pyridine rings is 1. The summed E-state index contributed by atoms with van der Waals surface area (Å²) in [4.78, 5) is 14.3. The third-order valence-electron chi connectivity index (χ3n) is 3.28. The van der Waals surface area contributed by atoms with E-state index in [2.05, 4.69) is 4.98 Å². The Kier molecular flexibility index (Phi) is 4.76. The van der Waals surface area contributed by atoms with Crippen molar-refractivity contribution in [2.24, 2.45) is 0 Å². The van der Waals surface area contributed by atoms with Gasteiger partial charge in [-0.1, -0.05) is 6.07 Å². The van der Waals surface area contributed by atoms with E-state index in [9.17, 15) is 15.3 Å². The Labute approximate surface area is 138 Å². The first-order valence-corrected chi connectivity index (χ1v) is 7.13. The molecule has 0 aliphatic carbocycles. The van der Waals surface area contributed by atoms with Gasteiger partial charge in [0.1, 0.15) is 29.1 Å². The number of hydrogen-bond donors (Lipinski definition) is 2. The minimum atomic E-state index is -0.648. The van der Waals surface area contributed by atoms with E-state index in [4.69, 9.17) is 15.2 Å². The van der Waals surface area contributed by atoms with Gasteiger partial charge < -0.3 is 20.2 Å². The third-order valence-corrected chi connectivity index (χ3v) is 3.28. The van der Waals surface area contributed by atoms with Crippen LogP contribution in [0.15, 0.2) is 23.0 Å². The minimum absolute atomic E-state index is 0.0331. The number of hydrogen-bond acceptors (Lipinski definition) is 6. The number of rotatable bonds is 4. The molecule has 3 N–H and O–H groups in total. The van der Waals surface area contributed by atoms with Crippen molar-refractivity contribution in [3.8, 4) is 34.8 Å². The van der Waals surface area contributed by atoms with Gasteiger partial charge in [-0.2, -0.15) is 10.5 Å². The molecule has 0 atom stereocenters. The van der Waals surface area contributed by atoms with Crippen LogP contribution >= 0.6 is 0 Å². The Morgan fingerprint density at radius 3 is 2.38 bits per heavy atom. The molecule has 24 heavy (non-hydrogen) atoms. The van der Waals surface area contributed by atoms with E-state index in [0.29, 0.717) is 17.1 Å². The summed E-state index contributed by atoms with van der Waals surface area (Å²) in [5, 5.41) is 18.6. The normalized spacial score (nSPS) is 10.1. The lowest BCUT2D eigenvalue weighted by Gasteiger charge is -2.15. The molecule has 0 bridgehead atoms. The van der Waals surface area contributed by atoms with Gasteiger partial charge in [0.25, 0.3) is 5.56 Å². The van der Waals surface area contributed by atoms with Crippen LogP contribution in [0.1, 0.15) is 25.0 Å². The van der Waals surface area contributed by atoms with Crippen molar-refractivity contribution >= 4 is 5.82 Å². The molecule has 2 aromatic rings. The van der Waals surface area contributed by atoms with Gasteiger partial charge in [-0.3, -0.25) is 4.79 Å². The number of ether oxygens (including phenoxy) is 2. The minimum Gasteiger partial charge on any atom is -0.493 e. The summed E-state index contributed by atoms with van der Waals surface area (Å²) < 4.78 is 10.9. The Morgan fingerprint density at radius 2 is 1.83 bits per heavy atom. The van der Waals surface area contributed by atoms with Crippen LogP contribution in [0, 0.1) is 22.7 Å². The molecule has 122 valence electrons. The van der Waals surface area contributed by atoms with E-state index in [0.717, 1.165) is 0 Å². The standard InChI is InChI=1S/C17H16N4O3/c1-9(2)24-13-5-4-10(6-14(13)23-3)15-11(7-18)16(20)21-17(22)12(15)8-19/h4-6,9H,1-3H3,(H3,20,21,22). The van der Waals surface area contributed by atoms with E-state index in [1.807, 2.05) is 26.0 Å². The highest BCUT2D eigenvalue weighted by Gasteiger charge is 2.19. The van der Waals surface area contributed by atoms with Gasteiger partial charge in [0.2, 0.25) is 0 Å². The molecule has 0 saturated carbocycles. The van der Waals surface area contributed by atoms with Crippen molar-refractivity contribution in [1.82, 2.24) is 4.98 Å². The van der Waals surface area contributed by atoms with Gasteiger partial charge in [-0.15, -0.1) is 0 Å². The second-order valence-electron chi connectivity index (χ2n) is 5.25. The Morgan fingerprint density at radius 1 is 1.17 bits per heavy atom. The molecule has 1 aromatic heterocycles. The van der Waals surface area contributed by atoms with E-state index in [1.165, 1.54) is 7.11 Å². The van der Waals surface area contributed by atoms with E-state index >= 15 is 0 Å². The van der Waals surface area contributed by atoms with Crippen LogP contribution in [0.25, 0.3) is 11.1 Å². The molecule has 2 rings (SSSR count). The number of nitrogens with zero attached hydrogens (tertiary/aromatic N) is 2. The number of nitriles is 2. The quantitative estimate of drug-likeness (QED) is 0.887. The summed E-state index contributed by atoms with van der Waals surface area (Å²) in [5.74, 6) is 0.858. The Hall–Kier alpha value is -3.45. The first-order chi connectivity index (χ1) is 11.4. The van der Waals surface area contributed by atoms with Gasteiger partial charge in [-0.05, 0) is 31.5 Å². The molecule has 0 aliphatic heterocycles. The molecular formula is C17H16N4O3. The number of nitrogens with two attached hydrogens (primary N) is 1. The van der Waals surface area contributed by atoms with Crippen molar-refractivity contribution < 1.29 is 9.47 Å². The van der Waals surface area contributed by atoms with Crippen molar-refractivity contribution in [3.05, 3.63) is 39.7 Å². The van der Waals surface area contributed by atoms with Crippen LogP contribution in [-0.4, -0.2) is 18.2 Å². The first-order valence-electron chi connectivity index (χ1n) is 7.13. The lowest BCUT2D eigenvalue weighted by Crippen LogP contribution is -2.16. The van der Waals surface area contributed by atoms with Gasteiger partial charge in [0, 0.05) is 5.56 Å². The second kappa shape index (κ2) is 6.76. The van der Waals surface area contributed by atoms with Crippen LogP contribution in [0.2, 0.25) is 0 Å². The zero-order valence-electron chi connectivity index (χ0n) is 13.5. The summed E-state index contributed by atoms with van der Waals surface area (Å²) >= 11 is 0. The maximum atomic E-state index is 12.0. The lowest BCUT2D eigenvalue weighted by molar-refractivity contribution is 0.230. The molecule has 0 amide bonds. The lowest BCUT2D eigenvalue weighted by atomic mass is 9.96. The number of anilines is 1. The van der Waals surface area contributed by atoms with Gasteiger partial charge in [0.15, 0.2) is 11.5 Å². The molecule has 7 nitrogen and oxygen atoms in total. The van der Waals surface area contributed by atoms with Crippen LogP contribution in [0.3, 0.4) is 0 Å². The molecule has 1 aromatic carbocycles. The zero-order valence-corrected chi connectivity index (χ0v) is 13.5. The summed E-state index contributed by atoms with van der Waals surface area (Å²) in [6, 6.07) is 8.67. The maximum absolute atomic E-state index is 12.0. The largest absolute Gasteiger partial charge is 0.493 e. The third kappa shape index (κ3) is 3.01. The molecule has 0 saturated heterocycles. The summed E-state index contributed by atoms with van der Waals surface area (Å²) in [5.41, 5.74) is 5.56.